The van der Waals surface area contributed by atoms with Gasteiger partial charge in [0.1, 0.15) is 0 Å². The van der Waals surface area contributed by atoms with Crippen LogP contribution in [-0.4, -0.2) is 43.8 Å². The lowest BCUT2D eigenvalue weighted by Gasteiger charge is -2.25. The quantitative estimate of drug-likeness (QED) is 0.754. The molecule has 0 aliphatic rings. The van der Waals surface area contributed by atoms with Gasteiger partial charge in [0.15, 0.2) is 6.29 Å². The Morgan fingerprint density at radius 3 is 2.47 bits per heavy atom. The van der Waals surface area contributed by atoms with Crippen molar-refractivity contribution in [2.24, 2.45) is 0 Å². The van der Waals surface area contributed by atoms with Crippen molar-refractivity contribution in [2.75, 3.05) is 31.6 Å². The second-order valence-corrected chi connectivity index (χ2v) is 5.16. The summed E-state index contributed by atoms with van der Waals surface area (Å²) in [6, 6.07) is 5.45. The minimum atomic E-state index is 0.0623. The van der Waals surface area contributed by atoms with Crippen LogP contribution in [0.5, 0.6) is 0 Å². The molecule has 1 aromatic rings. The van der Waals surface area contributed by atoms with E-state index < -0.39 is 0 Å². The number of carbonyl (C=O) groups excluding carboxylic acids is 2. The summed E-state index contributed by atoms with van der Waals surface area (Å²) in [5.41, 5.74) is 1.34. The Bertz CT molecular complexity index is 459. The highest BCUT2D eigenvalue weighted by atomic mass is 79.9. The van der Waals surface area contributed by atoms with Crippen LogP contribution in [0.15, 0.2) is 22.7 Å². The number of halogens is 1. The lowest BCUT2D eigenvalue weighted by Crippen LogP contribution is -2.39. The van der Waals surface area contributed by atoms with Gasteiger partial charge >= 0.3 is 0 Å². The molecular formula is C14H19BrN2O2. The van der Waals surface area contributed by atoms with Gasteiger partial charge in [-0.3, -0.25) is 9.59 Å². The van der Waals surface area contributed by atoms with Gasteiger partial charge in [-0.2, -0.15) is 0 Å². The number of anilines is 1. The number of hydrogen-bond donors (Lipinski definition) is 0. The molecule has 0 atom stereocenters. The summed E-state index contributed by atoms with van der Waals surface area (Å²) in [5, 5.41) is 0. The van der Waals surface area contributed by atoms with Crippen LogP contribution in [0.4, 0.5) is 5.69 Å². The lowest BCUT2D eigenvalue weighted by atomic mass is 10.2. The first-order valence-electron chi connectivity index (χ1n) is 6.27. The minimum absolute atomic E-state index is 0.0623. The Morgan fingerprint density at radius 2 is 1.95 bits per heavy atom. The third-order valence-electron chi connectivity index (χ3n) is 3.02. The number of likely N-dealkylation sites (N-methyl/N-ethyl adjacent to an activating group) is 2. The molecule has 5 heteroatoms. The van der Waals surface area contributed by atoms with Gasteiger partial charge in [0.05, 0.1) is 6.54 Å². The maximum Gasteiger partial charge on any atom is 0.242 e. The molecule has 0 saturated heterocycles. The van der Waals surface area contributed by atoms with Crippen molar-refractivity contribution in [1.29, 1.82) is 0 Å². The molecule has 0 aromatic heterocycles. The van der Waals surface area contributed by atoms with Gasteiger partial charge in [0.2, 0.25) is 5.91 Å². The van der Waals surface area contributed by atoms with Gasteiger partial charge in [-0.15, -0.1) is 0 Å². The Morgan fingerprint density at radius 1 is 1.32 bits per heavy atom. The molecule has 0 N–H and O–H groups in total. The highest BCUT2D eigenvalue weighted by Crippen LogP contribution is 2.22. The lowest BCUT2D eigenvalue weighted by molar-refractivity contribution is -0.129. The third kappa shape index (κ3) is 4.06. The molecule has 0 aliphatic carbocycles. The summed E-state index contributed by atoms with van der Waals surface area (Å²) in [7, 11) is 1.82. The van der Waals surface area contributed by atoms with Crippen molar-refractivity contribution in [1.82, 2.24) is 4.90 Å². The van der Waals surface area contributed by atoms with Gasteiger partial charge in [-0.25, -0.2) is 0 Å². The Kier molecular flexibility index (Phi) is 6.02. The van der Waals surface area contributed by atoms with Crippen LogP contribution in [0.3, 0.4) is 0 Å². The molecule has 4 nitrogen and oxygen atoms in total. The molecule has 0 spiro atoms. The van der Waals surface area contributed by atoms with Crippen molar-refractivity contribution in [3.8, 4) is 0 Å². The van der Waals surface area contributed by atoms with Gasteiger partial charge < -0.3 is 9.80 Å². The highest BCUT2D eigenvalue weighted by molar-refractivity contribution is 9.10. The molecule has 104 valence electrons. The van der Waals surface area contributed by atoms with E-state index in [0.717, 1.165) is 16.4 Å². The third-order valence-corrected chi connectivity index (χ3v) is 3.51. The molecule has 0 fully saturated rings. The van der Waals surface area contributed by atoms with Crippen LogP contribution in [0.2, 0.25) is 0 Å². The number of benzene rings is 1. The fraction of sp³-hybridized carbons (Fsp3) is 0.429. The SMILES string of the molecule is CCN(CC)C(=O)CN(C)c1ccc(Br)cc1C=O. The maximum absolute atomic E-state index is 12.0. The summed E-state index contributed by atoms with van der Waals surface area (Å²) < 4.78 is 0.849. The number of hydrogen-bond acceptors (Lipinski definition) is 3. The molecule has 19 heavy (non-hydrogen) atoms. The van der Waals surface area contributed by atoms with Crippen molar-refractivity contribution in [3.63, 3.8) is 0 Å². The van der Waals surface area contributed by atoms with E-state index in [9.17, 15) is 9.59 Å². The standard InChI is InChI=1S/C14H19BrN2O2/c1-4-17(5-2)14(19)9-16(3)13-7-6-12(15)8-11(13)10-18/h6-8,10H,4-5,9H2,1-3H3. The smallest absolute Gasteiger partial charge is 0.242 e. The normalized spacial score (nSPS) is 10.1. The van der Waals surface area contributed by atoms with E-state index in [1.807, 2.05) is 33.0 Å². The minimum Gasteiger partial charge on any atom is -0.365 e. The highest BCUT2D eigenvalue weighted by Gasteiger charge is 2.14. The number of aldehydes is 1. The van der Waals surface area contributed by atoms with Gasteiger partial charge in [0, 0.05) is 35.9 Å². The zero-order chi connectivity index (χ0) is 14.4. The predicted octanol–water partition coefficient (Wildman–Crippen LogP) is 2.57. The van der Waals surface area contributed by atoms with E-state index in [1.54, 1.807) is 15.9 Å². The molecule has 1 rings (SSSR count). The second-order valence-electron chi connectivity index (χ2n) is 4.24. The summed E-state index contributed by atoms with van der Waals surface area (Å²) in [4.78, 5) is 26.7. The summed E-state index contributed by atoms with van der Waals surface area (Å²) >= 11 is 3.33. The topological polar surface area (TPSA) is 40.6 Å². The molecule has 1 amide bonds. The largest absolute Gasteiger partial charge is 0.365 e. The first-order chi connectivity index (χ1) is 9.03. The van der Waals surface area contributed by atoms with Gasteiger partial charge in [-0.05, 0) is 32.0 Å². The van der Waals surface area contributed by atoms with E-state index in [2.05, 4.69) is 15.9 Å². The first kappa shape index (κ1) is 15.7. The van der Waals surface area contributed by atoms with E-state index in [4.69, 9.17) is 0 Å². The molecule has 0 aliphatic heterocycles. The van der Waals surface area contributed by atoms with Crippen LogP contribution in [0, 0.1) is 0 Å². The monoisotopic (exact) mass is 326 g/mol. The van der Waals surface area contributed by atoms with Crippen molar-refractivity contribution in [2.45, 2.75) is 13.8 Å². The Labute approximate surface area is 122 Å². The van der Waals surface area contributed by atoms with Crippen LogP contribution >= 0.6 is 15.9 Å². The molecule has 0 saturated carbocycles. The predicted molar refractivity (Wildman–Crippen MR) is 80.7 cm³/mol. The Balaban J connectivity index is 2.86. The van der Waals surface area contributed by atoms with E-state index in [-0.39, 0.29) is 12.5 Å². The summed E-state index contributed by atoms with van der Waals surface area (Å²) in [6.07, 6.45) is 0.804. The average Bonchev–Trinajstić information content (AvgIpc) is 2.39. The number of rotatable bonds is 6. The van der Waals surface area contributed by atoms with Crippen molar-refractivity contribution < 1.29 is 9.59 Å². The molecule has 0 bridgehead atoms. The number of carbonyl (C=O) groups is 2. The van der Waals surface area contributed by atoms with Crippen molar-refractivity contribution in [3.05, 3.63) is 28.2 Å². The zero-order valence-corrected chi connectivity index (χ0v) is 13.1. The van der Waals surface area contributed by atoms with Crippen LogP contribution < -0.4 is 4.90 Å². The number of nitrogens with zero attached hydrogens (tertiary/aromatic N) is 2. The van der Waals surface area contributed by atoms with Gasteiger partial charge in [-0.1, -0.05) is 15.9 Å². The van der Waals surface area contributed by atoms with E-state index >= 15 is 0 Å². The first-order valence-corrected chi connectivity index (χ1v) is 7.06. The number of amides is 1. The summed E-state index contributed by atoms with van der Waals surface area (Å²) in [5.74, 6) is 0.0623. The van der Waals surface area contributed by atoms with E-state index in [1.165, 1.54) is 0 Å². The van der Waals surface area contributed by atoms with Crippen LogP contribution in [0.1, 0.15) is 24.2 Å². The average molecular weight is 327 g/mol. The molecule has 0 heterocycles. The fourth-order valence-electron chi connectivity index (χ4n) is 1.93. The fourth-order valence-corrected chi connectivity index (χ4v) is 2.31. The van der Waals surface area contributed by atoms with Crippen LogP contribution in [-0.2, 0) is 4.79 Å². The Hall–Kier alpha value is -1.36. The zero-order valence-electron chi connectivity index (χ0n) is 11.5. The molecule has 1 aromatic carbocycles. The maximum atomic E-state index is 12.0. The molecule has 0 radical (unpaired) electrons. The van der Waals surface area contributed by atoms with Gasteiger partial charge in [0.25, 0.3) is 0 Å². The summed E-state index contributed by atoms with van der Waals surface area (Å²) in [6.45, 7) is 5.58. The van der Waals surface area contributed by atoms with Crippen molar-refractivity contribution >= 4 is 33.8 Å². The second kappa shape index (κ2) is 7.28. The van der Waals surface area contributed by atoms with Crippen LogP contribution in [0.25, 0.3) is 0 Å². The molecule has 0 unspecified atom stereocenters. The molecular weight excluding hydrogens is 308 g/mol. The van der Waals surface area contributed by atoms with E-state index in [0.29, 0.717) is 18.7 Å².